The minimum absolute atomic E-state index is 0.147. The second-order valence-corrected chi connectivity index (χ2v) is 7.62. The van der Waals surface area contributed by atoms with Crippen molar-refractivity contribution in [3.8, 4) is 0 Å². The molecule has 1 aliphatic heterocycles. The molecule has 126 valence electrons. The second kappa shape index (κ2) is 6.18. The summed E-state index contributed by atoms with van der Waals surface area (Å²) in [4.78, 5) is 21.4. The first-order chi connectivity index (χ1) is 10.6. The van der Waals surface area contributed by atoms with E-state index in [2.05, 4.69) is 36.1 Å². The number of nitrogens with zero attached hydrogens (tertiary/aromatic N) is 2. The monoisotopic (exact) mass is 319 g/mol. The van der Waals surface area contributed by atoms with Gasteiger partial charge in [-0.1, -0.05) is 41.5 Å². The van der Waals surface area contributed by atoms with Crippen molar-refractivity contribution >= 4 is 11.7 Å². The normalized spacial score (nSPS) is 15.3. The molecular formula is C17H25N3O3. The summed E-state index contributed by atoms with van der Waals surface area (Å²) < 4.78 is 10.4. The van der Waals surface area contributed by atoms with E-state index in [-0.39, 0.29) is 22.5 Å². The molecule has 0 saturated carbocycles. The van der Waals surface area contributed by atoms with Crippen LogP contribution in [0, 0.1) is 0 Å². The first-order valence-corrected chi connectivity index (χ1v) is 7.73. The Morgan fingerprint density at radius 1 is 1.09 bits per heavy atom. The fraction of sp³-hybridized carbons (Fsp3) is 0.588. The van der Waals surface area contributed by atoms with Gasteiger partial charge in [0.1, 0.15) is 31.1 Å². The van der Waals surface area contributed by atoms with Crippen molar-refractivity contribution in [2.45, 2.75) is 52.4 Å². The van der Waals surface area contributed by atoms with Gasteiger partial charge in [-0.05, 0) is 0 Å². The molecule has 1 aliphatic rings. The summed E-state index contributed by atoms with van der Waals surface area (Å²) in [6.07, 6.45) is 1.33. The number of rotatable bonds is 2. The van der Waals surface area contributed by atoms with Crippen LogP contribution in [0.1, 0.15) is 53.1 Å². The number of carbonyl (C=O) groups is 1. The summed E-state index contributed by atoms with van der Waals surface area (Å²) in [5, 5.41) is 2.77. The van der Waals surface area contributed by atoms with Crippen LogP contribution in [0.25, 0.3) is 0 Å². The van der Waals surface area contributed by atoms with E-state index in [1.165, 1.54) is 6.26 Å². The number of aromatic nitrogens is 2. The molecule has 6 heteroatoms. The number of ether oxygens (including phenoxy) is 2. The Labute approximate surface area is 137 Å². The van der Waals surface area contributed by atoms with Crippen molar-refractivity contribution in [3.63, 3.8) is 0 Å². The van der Waals surface area contributed by atoms with Gasteiger partial charge < -0.3 is 14.8 Å². The first-order valence-electron chi connectivity index (χ1n) is 7.73. The maximum Gasteiger partial charge on any atom is 0.295 e. The van der Waals surface area contributed by atoms with Crippen LogP contribution in [0.2, 0.25) is 0 Å². The van der Waals surface area contributed by atoms with E-state index in [0.29, 0.717) is 24.9 Å². The number of nitrogens with one attached hydrogen (secondary N) is 1. The van der Waals surface area contributed by atoms with Gasteiger partial charge in [0, 0.05) is 16.9 Å². The summed E-state index contributed by atoms with van der Waals surface area (Å²) in [6, 6.07) is 1.80. The van der Waals surface area contributed by atoms with E-state index in [1.54, 1.807) is 6.07 Å². The van der Waals surface area contributed by atoms with E-state index in [0.717, 1.165) is 5.69 Å². The van der Waals surface area contributed by atoms with Crippen molar-refractivity contribution in [1.29, 1.82) is 0 Å². The Bertz CT molecular complexity index is 593. The number of hydrogen-bond donors (Lipinski definition) is 1. The third-order valence-corrected chi connectivity index (χ3v) is 3.28. The van der Waals surface area contributed by atoms with Crippen LogP contribution < -0.4 is 5.32 Å². The van der Waals surface area contributed by atoms with Gasteiger partial charge >= 0.3 is 0 Å². The van der Waals surface area contributed by atoms with E-state index in [1.807, 2.05) is 20.8 Å². The molecule has 0 fully saturated rings. The van der Waals surface area contributed by atoms with Crippen LogP contribution in [0.15, 0.2) is 18.1 Å². The SMILES string of the molecule is CC(C)(C)c1cc(NC(=O)C2=COCCO2)nc(C(C)(C)C)n1. The van der Waals surface area contributed by atoms with E-state index >= 15 is 0 Å². The largest absolute Gasteiger partial charge is 0.494 e. The molecule has 1 aromatic heterocycles. The highest BCUT2D eigenvalue weighted by Gasteiger charge is 2.25. The van der Waals surface area contributed by atoms with Crippen LogP contribution in [0.4, 0.5) is 5.82 Å². The summed E-state index contributed by atoms with van der Waals surface area (Å²) in [5.74, 6) is 0.942. The molecule has 6 nitrogen and oxygen atoms in total. The lowest BCUT2D eigenvalue weighted by Gasteiger charge is -2.24. The zero-order valence-electron chi connectivity index (χ0n) is 14.7. The highest BCUT2D eigenvalue weighted by Crippen LogP contribution is 2.27. The van der Waals surface area contributed by atoms with E-state index in [9.17, 15) is 4.79 Å². The van der Waals surface area contributed by atoms with Crippen LogP contribution in [0.5, 0.6) is 0 Å². The van der Waals surface area contributed by atoms with Gasteiger partial charge in [-0.15, -0.1) is 0 Å². The number of carbonyl (C=O) groups excluding carboxylic acids is 1. The molecule has 0 aromatic carbocycles. The average Bonchev–Trinajstić information content (AvgIpc) is 2.46. The van der Waals surface area contributed by atoms with Crippen LogP contribution in [0.3, 0.4) is 0 Å². The van der Waals surface area contributed by atoms with Gasteiger partial charge in [0.05, 0.1) is 5.69 Å². The molecule has 1 amide bonds. The van der Waals surface area contributed by atoms with Crippen molar-refractivity contribution in [3.05, 3.63) is 29.6 Å². The topological polar surface area (TPSA) is 73.3 Å². The zero-order chi connectivity index (χ0) is 17.3. The van der Waals surface area contributed by atoms with E-state index in [4.69, 9.17) is 9.47 Å². The van der Waals surface area contributed by atoms with Gasteiger partial charge in [-0.2, -0.15) is 0 Å². The smallest absolute Gasteiger partial charge is 0.295 e. The van der Waals surface area contributed by atoms with Crippen LogP contribution >= 0.6 is 0 Å². The Morgan fingerprint density at radius 3 is 2.30 bits per heavy atom. The molecule has 0 atom stereocenters. The third kappa shape index (κ3) is 4.43. The Hall–Kier alpha value is -2.11. The maximum absolute atomic E-state index is 12.2. The lowest BCUT2D eigenvalue weighted by atomic mass is 9.90. The van der Waals surface area contributed by atoms with Gasteiger partial charge in [0.15, 0.2) is 0 Å². The molecule has 0 radical (unpaired) electrons. The zero-order valence-corrected chi connectivity index (χ0v) is 14.7. The highest BCUT2D eigenvalue weighted by molar-refractivity contribution is 6.01. The standard InChI is InChI=1S/C17H25N3O3/c1-16(2,3)12-9-13(20-15(18-12)17(4,5)6)19-14(21)11-10-22-7-8-23-11/h9-10H,7-8H2,1-6H3,(H,18,19,20,21). The van der Waals surface area contributed by atoms with Crippen molar-refractivity contribution in [1.82, 2.24) is 9.97 Å². The molecule has 1 aromatic rings. The third-order valence-electron chi connectivity index (χ3n) is 3.28. The quantitative estimate of drug-likeness (QED) is 0.907. The number of anilines is 1. The molecule has 1 N–H and O–H groups in total. The molecule has 0 bridgehead atoms. The Morgan fingerprint density at radius 2 is 1.78 bits per heavy atom. The lowest BCUT2D eigenvalue weighted by molar-refractivity contribution is -0.117. The number of hydrogen-bond acceptors (Lipinski definition) is 5. The summed E-state index contributed by atoms with van der Waals surface area (Å²) in [5.41, 5.74) is 0.513. The minimum atomic E-state index is -0.372. The molecule has 23 heavy (non-hydrogen) atoms. The Kier molecular flexibility index (Phi) is 4.63. The van der Waals surface area contributed by atoms with Crippen LogP contribution in [-0.2, 0) is 25.1 Å². The predicted octanol–water partition coefficient (Wildman–Crippen LogP) is 2.90. The molecular weight excluding hydrogens is 294 g/mol. The fourth-order valence-corrected chi connectivity index (χ4v) is 1.90. The minimum Gasteiger partial charge on any atom is -0.494 e. The summed E-state index contributed by atoms with van der Waals surface area (Å²) in [7, 11) is 0. The van der Waals surface area contributed by atoms with Crippen molar-refractivity contribution in [2.75, 3.05) is 18.5 Å². The summed E-state index contributed by atoms with van der Waals surface area (Å²) >= 11 is 0. The fourth-order valence-electron chi connectivity index (χ4n) is 1.90. The Balaban J connectivity index is 2.34. The average molecular weight is 319 g/mol. The van der Waals surface area contributed by atoms with Gasteiger partial charge in [-0.25, -0.2) is 9.97 Å². The second-order valence-electron chi connectivity index (χ2n) is 7.62. The molecule has 2 heterocycles. The van der Waals surface area contributed by atoms with Gasteiger partial charge in [-0.3, -0.25) is 4.79 Å². The van der Waals surface area contributed by atoms with Gasteiger partial charge in [0.25, 0.3) is 5.91 Å². The van der Waals surface area contributed by atoms with Crippen LogP contribution in [-0.4, -0.2) is 29.1 Å². The molecule has 0 unspecified atom stereocenters. The van der Waals surface area contributed by atoms with Crippen molar-refractivity contribution in [2.24, 2.45) is 0 Å². The molecule has 0 aliphatic carbocycles. The first kappa shape index (κ1) is 17.2. The maximum atomic E-state index is 12.2. The molecule has 2 rings (SSSR count). The molecule has 0 spiro atoms. The summed E-state index contributed by atoms with van der Waals surface area (Å²) in [6.45, 7) is 13.2. The van der Waals surface area contributed by atoms with E-state index < -0.39 is 0 Å². The predicted molar refractivity (Wildman–Crippen MR) is 88.0 cm³/mol. The molecule has 0 saturated heterocycles. The lowest BCUT2D eigenvalue weighted by Crippen LogP contribution is -2.25. The van der Waals surface area contributed by atoms with Crippen molar-refractivity contribution < 1.29 is 14.3 Å². The highest BCUT2D eigenvalue weighted by atomic mass is 16.6. The van der Waals surface area contributed by atoms with Gasteiger partial charge in [0.2, 0.25) is 5.76 Å². The number of amides is 1.